The van der Waals surface area contributed by atoms with Gasteiger partial charge in [-0.2, -0.15) is 0 Å². The minimum Gasteiger partial charge on any atom is -0.311 e. The van der Waals surface area contributed by atoms with Gasteiger partial charge in [0.05, 0.1) is 13.1 Å². The lowest BCUT2D eigenvalue weighted by Gasteiger charge is -2.49. The van der Waals surface area contributed by atoms with Gasteiger partial charge in [0.2, 0.25) is 0 Å². The van der Waals surface area contributed by atoms with Gasteiger partial charge in [0.15, 0.2) is 0 Å². The highest BCUT2D eigenvalue weighted by Crippen LogP contribution is 2.31. The van der Waals surface area contributed by atoms with Crippen LogP contribution in [0.25, 0.3) is 0 Å². The fourth-order valence-corrected chi connectivity index (χ4v) is 1.65. The summed E-state index contributed by atoms with van der Waals surface area (Å²) >= 11 is 0. The summed E-state index contributed by atoms with van der Waals surface area (Å²) in [6, 6.07) is 0. The van der Waals surface area contributed by atoms with E-state index in [-0.39, 0.29) is 18.6 Å². The van der Waals surface area contributed by atoms with Gasteiger partial charge in [-0.15, -0.1) is 0 Å². The molecule has 1 N–H and O–H groups in total. The van der Waals surface area contributed by atoms with Crippen LogP contribution in [0, 0.1) is 0 Å². The molecule has 0 bridgehead atoms. The Morgan fingerprint density at radius 2 is 2.07 bits per heavy atom. The lowest BCUT2D eigenvalue weighted by molar-refractivity contribution is -0.0892. The summed E-state index contributed by atoms with van der Waals surface area (Å²) < 4.78 is 26.6. The first-order valence-electron chi connectivity index (χ1n) is 5.21. The van der Waals surface area contributed by atoms with Crippen molar-refractivity contribution < 1.29 is 8.78 Å². The Kier molecular flexibility index (Phi) is 3.48. The highest BCUT2D eigenvalue weighted by Gasteiger charge is 2.42. The summed E-state index contributed by atoms with van der Waals surface area (Å²) in [5.74, 6) is -2.60. The summed E-state index contributed by atoms with van der Waals surface area (Å²) in [6.45, 7) is 6.93. The fraction of sp³-hybridized carbons (Fsp3) is 1.00. The standard InChI is InChI=1S/C10H20F2N2/c1-4-13-7-10(11,12)8-14-6-5-9(14,2)3/h13H,4-8H2,1-3H3. The van der Waals surface area contributed by atoms with Crippen molar-refractivity contribution in [2.24, 2.45) is 0 Å². The lowest BCUT2D eigenvalue weighted by atomic mass is 9.88. The number of nitrogens with one attached hydrogen (secondary N) is 1. The molecule has 0 aromatic rings. The molecule has 0 unspecified atom stereocenters. The van der Waals surface area contributed by atoms with Crippen molar-refractivity contribution >= 4 is 0 Å². The van der Waals surface area contributed by atoms with Crippen molar-refractivity contribution in [1.82, 2.24) is 10.2 Å². The molecule has 84 valence electrons. The third-order valence-corrected chi connectivity index (χ3v) is 2.91. The average Bonchev–Trinajstić information content (AvgIpc) is 2.10. The van der Waals surface area contributed by atoms with E-state index < -0.39 is 5.92 Å². The van der Waals surface area contributed by atoms with Crippen molar-refractivity contribution in [3.8, 4) is 0 Å². The quantitative estimate of drug-likeness (QED) is 0.736. The molecule has 0 amide bonds. The van der Waals surface area contributed by atoms with Crippen molar-refractivity contribution in [3.63, 3.8) is 0 Å². The van der Waals surface area contributed by atoms with Gasteiger partial charge in [-0.25, -0.2) is 8.78 Å². The molecule has 0 radical (unpaired) electrons. The summed E-state index contributed by atoms with van der Waals surface area (Å²) in [4.78, 5) is 1.85. The van der Waals surface area contributed by atoms with Gasteiger partial charge in [0.1, 0.15) is 0 Å². The minimum absolute atomic E-state index is 0.0321. The van der Waals surface area contributed by atoms with E-state index in [1.165, 1.54) is 0 Å². The number of halogens is 2. The number of hydrogen-bond donors (Lipinski definition) is 1. The second kappa shape index (κ2) is 4.11. The van der Waals surface area contributed by atoms with Crippen molar-refractivity contribution in [1.29, 1.82) is 0 Å². The topological polar surface area (TPSA) is 15.3 Å². The van der Waals surface area contributed by atoms with Crippen LogP contribution in [0.2, 0.25) is 0 Å². The Morgan fingerprint density at radius 3 is 2.43 bits per heavy atom. The first kappa shape index (κ1) is 11.9. The maximum Gasteiger partial charge on any atom is 0.272 e. The number of nitrogens with zero attached hydrogens (tertiary/aromatic N) is 1. The van der Waals surface area contributed by atoms with E-state index in [4.69, 9.17) is 0 Å². The minimum atomic E-state index is -2.60. The molecule has 1 rings (SSSR count). The Morgan fingerprint density at radius 1 is 1.43 bits per heavy atom. The van der Waals surface area contributed by atoms with Crippen LogP contribution < -0.4 is 5.32 Å². The van der Waals surface area contributed by atoms with Gasteiger partial charge in [0.25, 0.3) is 5.92 Å². The second-order valence-electron chi connectivity index (χ2n) is 4.62. The highest BCUT2D eigenvalue weighted by atomic mass is 19.3. The van der Waals surface area contributed by atoms with Gasteiger partial charge in [-0.05, 0) is 26.8 Å². The van der Waals surface area contributed by atoms with Gasteiger partial charge >= 0.3 is 0 Å². The maximum absolute atomic E-state index is 13.3. The van der Waals surface area contributed by atoms with E-state index in [0.717, 1.165) is 13.0 Å². The van der Waals surface area contributed by atoms with Crippen molar-refractivity contribution in [3.05, 3.63) is 0 Å². The smallest absolute Gasteiger partial charge is 0.272 e. The third kappa shape index (κ3) is 2.89. The van der Waals surface area contributed by atoms with Crippen LogP contribution in [-0.2, 0) is 0 Å². The lowest BCUT2D eigenvalue weighted by Crippen LogP contribution is -2.60. The van der Waals surface area contributed by atoms with E-state index >= 15 is 0 Å². The van der Waals surface area contributed by atoms with Crippen molar-refractivity contribution in [2.45, 2.75) is 38.7 Å². The summed E-state index contributed by atoms with van der Waals surface area (Å²) in [6.07, 6.45) is 1.02. The molecule has 0 spiro atoms. The third-order valence-electron chi connectivity index (χ3n) is 2.91. The second-order valence-corrected chi connectivity index (χ2v) is 4.62. The maximum atomic E-state index is 13.3. The predicted octanol–water partition coefficient (Wildman–Crippen LogP) is 1.72. The van der Waals surface area contributed by atoms with Crippen LogP contribution >= 0.6 is 0 Å². The Bertz CT molecular complexity index is 193. The normalized spacial score (nSPS) is 22.1. The zero-order valence-corrected chi connectivity index (χ0v) is 9.24. The fourth-order valence-electron chi connectivity index (χ4n) is 1.65. The first-order chi connectivity index (χ1) is 6.37. The van der Waals surface area contributed by atoms with Crippen LogP contribution in [-0.4, -0.2) is 42.5 Å². The molecule has 0 aliphatic carbocycles. The van der Waals surface area contributed by atoms with Gasteiger partial charge in [-0.3, -0.25) is 4.90 Å². The molecule has 2 nitrogen and oxygen atoms in total. The summed E-state index contributed by atoms with van der Waals surface area (Å²) in [5, 5.41) is 2.69. The number of likely N-dealkylation sites (tertiary alicyclic amines) is 1. The van der Waals surface area contributed by atoms with Crippen LogP contribution in [0.5, 0.6) is 0 Å². The molecule has 1 aliphatic rings. The molecule has 1 saturated heterocycles. The molecule has 1 aliphatic heterocycles. The zero-order chi connectivity index (χ0) is 10.8. The van der Waals surface area contributed by atoms with Gasteiger partial charge < -0.3 is 5.32 Å². The van der Waals surface area contributed by atoms with Crippen LogP contribution in [0.15, 0.2) is 0 Å². The van der Waals surface area contributed by atoms with E-state index in [1.807, 2.05) is 25.7 Å². The molecule has 4 heteroatoms. The van der Waals surface area contributed by atoms with E-state index in [1.54, 1.807) is 0 Å². The molecule has 0 aromatic heterocycles. The number of alkyl halides is 2. The van der Waals surface area contributed by atoms with Crippen LogP contribution in [0.4, 0.5) is 8.78 Å². The Hall–Kier alpha value is -0.220. The van der Waals surface area contributed by atoms with E-state index in [9.17, 15) is 8.78 Å². The Labute approximate surface area is 84.7 Å². The van der Waals surface area contributed by atoms with Gasteiger partial charge in [0, 0.05) is 12.1 Å². The molecule has 0 aromatic carbocycles. The molecule has 14 heavy (non-hydrogen) atoms. The summed E-state index contributed by atoms with van der Waals surface area (Å²) in [5.41, 5.74) is -0.0321. The molecular formula is C10H20F2N2. The largest absolute Gasteiger partial charge is 0.311 e. The average molecular weight is 206 g/mol. The molecule has 1 fully saturated rings. The van der Waals surface area contributed by atoms with Gasteiger partial charge in [-0.1, -0.05) is 6.92 Å². The number of hydrogen-bond acceptors (Lipinski definition) is 2. The Balaban J connectivity index is 2.35. The van der Waals surface area contributed by atoms with E-state index in [0.29, 0.717) is 6.54 Å². The monoisotopic (exact) mass is 206 g/mol. The van der Waals surface area contributed by atoms with Crippen molar-refractivity contribution in [2.75, 3.05) is 26.2 Å². The SMILES string of the molecule is CCNCC(F)(F)CN1CCC1(C)C. The van der Waals surface area contributed by atoms with Crippen LogP contribution in [0.1, 0.15) is 27.2 Å². The predicted molar refractivity (Wildman–Crippen MR) is 53.8 cm³/mol. The molecule has 1 heterocycles. The molecular weight excluding hydrogens is 186 g/mol. The van der Waals surface area contributed by atoms with Crippen LogP contribution in [0.3, 0.4) is 0 Å². The first-order valence-corrected chi connectivity index (χ1v) is 5.21. The molecule has 0 saturated carbocycles. The molecule has 0 atom stereocenters. The highest BCUT2D eigenvalue weighted by molar-refractivity contribution is 4.94. The number of rotatable bonds is 5. The van der Waals surface area contributed by atoms with E-state index in [2.05, 4.69) is 5.32 Å². The zero-order valence-electron chi connectivity index (χ0n) is 9.24. The summed E-state index contributed by atoms with van der Waals surface area (Å²) in [7, 11) is 0.